The summed E-state index contributed by atoms with van der Waals surface area (Å²) in [6, 6.07) is 0. The summed E-state index contributed by atoms with van der Waals surface area (Å²) in [7, 11) is 0. The molecule has 0 saturated carbocycles. The summed E-state index contributed by atoms with van der Waals surface area (Å²) < 4.78 is 25.5. The lowest BCUT2D eigenvalue weighted by molar-refractivity contribution is -0.163. The maximum atomic E-state index is 6.47. The summed E-state index contributed by atoms with van der Waals surface area (Å²) in [5.41, 5.74) is 0.951. The number of hydrogen-bond acceptors (Lipinski definition) is 4. The second-order valence-corrected chi connectivity index (χ2v) is 10.1. The fourth-order valence-corrected chi connectivity index (χ4v) is 3.22. The van der Waals surface area contributed by atoms with E-state index < -0.39 is 5.79 Å². The van der Waals surface area contributed by atoms with Gasteiger partial charge in [0.1, 0.15) is 12.2 Å². The van der Waals surface area contributed by atoms with Gasteiger partial charge in [-0.15, -0.1) is 0 Å². The van der Waals surface area contributed by atoms with Crippen molar-refractivity contribution in [1.82, 2.24) is 0 Å². The standard InChI is InChI=1S/C23H42O4/c1-16(2)21(6,7)24-14-19-20(15-25-22(8,9)17(3)4)27-23(26-19)12-10-11-18(5)13-23/h13,16-17,19-20H,10-12,14-15H2,1-9H3/t19-,20-/m0/s1. The molecule has 0 aromatic rings. The zero-order valence-corrected chi connectivity index (χ0v) is 19.1. The summed E-state index contributed by atoms with van der Waals surface area (Å²) in [4.78, 5) is 0. The first-order valence-corrected chi connectivity index (χ1v) is 10.7. The Morgan fingerprint density at radius 2 is 1.41 bits per heavy atom. The Hall–Kier alpha value is -0.420. The van der Waals surface area contributed by atoms with Crippen LogP contribution in [-0.2, 0) is 18.9 Å². The molecule has 1 spiro atoms. The van der Waals surface area contributed by atoms with Gasteiger partial charge in [-0.3, -0.25) is 0 Å². The molecule has 0 radical (unpaired) electrons. The molecule has 1 aliphatic heterocycles. The van der Waals surface area contributed by atoms with Crippen LogP contribution in [0.1, 0.15) is 81.6 Å². The highest BCUT2D eigenvalue weighted by Gasteiger charge is 2.48. The molecule has 2 rings (SSSR count). The zero-order valence-electron chi connectivity index (χ0n) is 19.1. The molecule has 158 valence electrons. The van der Waals surface area contributed by atoms with Gasteiger partial charge in [0.15, 0.2) is 5.79 Å². The zero-order chi connectivity index (χ0) is 20.5. The van der Waals surface area contributed by atoms with Gasteiger partial charge in [0.2, 0.25) is 0 Å². The molecule has 4 heteroatoms. The average molecular weight is 383 g/mol. The molecule has 0 bridgehead atoms. The smallest absolute Gasteiger partial charge is 0.189 e. The van der Waals surface area contributed by atoms with E-state index in [1.165, 1.54) is 5.57 Å². The minimum absolute atomic E-state index is 0.117. The first-order chi connectivity index (χ1) is 12.4. The Morgan fingerprint density at radius 1 is 0.963 bits per heavy atom. The van der Waals surface area contributed by atoms with Crippen LogP contribution in [0.5, 0.6) is 0 Å². The molecule has 2 atom stereocenters. The first kappa shape index (κ1) is 22.9. The van der Waals surface area contributed by atoms with Crippen LogP contribution in [0, 0.1) is 11.8 Å². The van der Waals surface area contributed by atoms with E-state index in [4.69, 9.17) is 18.9 Å². The number of rotatable bonds is 8. The van der Waals surface area contributed by atoms with E-state index in [1.54, 1.807) is 0 Å². The predicted octanol–water partition coefficient (Wildman–Crippen LogP) is 5.50. The summed E-state index contributed by atoms with van der Waals surface area (Å²) in [5, 5.41) is 0. The van der Waals surface area contributed by atoms with E-state index in [2.05, 4.69) is 68.4 Å². The van der Waals surface area contributed by atoms with Crippen LogP contribution in [0.25, 0.3) is 0 Å². The Labute approximate surface area is 167 Å². The monoisotopic (exact) mass is 382 g/mol. The van der Waals surface area contributed by atoms with Crippen LogP contribution in [0.3, 0.4) is 0 Å². The van der Waals surface area contributed by atoms with Gasteiger partial charge in [0, 0.05) is 6.42 Å². The lowest BCUT2D eigenvalue weighted by atomic mass is 9.94. The summed E-state index contributed by atoms with van der Waals surface area (Å²) in [6.07, 6.45) is 5.06. The third-order valence-electron chi connectivity index (χ3n) is 6.70. The van der Waals surface area contributed by atoms with Crippen molar-refractivity contribution in [3.8, 4) is 0 Å². The van der Waals surface area contributed by atoms with Crippen molar-refractivity contribution in [2.24, 2.45) is 11.8 Å². The molecule has 0 aromatic heterocycles. The molecule has 4 nitrogen and oxygen atoms in total. The molecule has 1 heterocycles. The van der Waals surface area contributed by atoms with Crippen molar-refractivity contribution in [2.75, 3.05) is 13.2 Å². The number of ether oxygens (including phenoxy) is 4. The van der Waals surface area contributed by atoms with Crippen molar-refractivity contribution < 1.29 is 18.9 Å². The first-order valence-electron chi connectivity index (χ1n) is 10.7. The highest BCUT2D eigenvalue weighted by Crippen LogP contribution is 2.40. The van der Waals surface area contributed by atoms with Crippen LogP contribution in [0.2, 0.25) is 0 Å². The second-order valence-electron chi connectivity index (χ2n) is 10.1. The van der Waals surface area contributed by atoms with Crippen LogP contribution in [-0.4, -0.2) is 42.4 Å². The van der Waals surface area contributed by atoms with E-state index in [1.807, 2.05) is 0 Å². The second kappa shape index (κ2) is 8.52. The van der Waals surface area contributed by atoms with Crippen molar-refractivity contribution in [2.45, 2.75) is 111 Å². The SMILES string of the molecule is CC1=CC2(CCC1)O[C@@H](COC(C)(C)C(C)C)[C@H](COC(C)(C)C(C)C)O2. The van der Waals surface area contributed by atoms with E-state index >= 15 is 0 Å². The maximum absolute atomic E-state index is 6.47. The molecular formula is C23H42O4. The van der Waals surface area contributed by atoms with Gasteiger partial charge in [-0.05, 0) is 65.4 Å². The molecule has 1 fully saturated rings. The van der Waals surface area contributed by atoms with Crippen LogP contribution in [0.15, 0.2) is 11.6 Å². The lowest BCUT2D eigenvalue weighted by Gasteiger charge is -2.33. The van der Waals surface area contributed by atoms with E-state index in [0.717, 1.165) is 19.3 Å². The van der Waals surface area contributed by atoms with Gasteiger partial charge in [0.05, 0.1) is 24.4 Å². The lowest BCUT2D eigenvalue weighted by Crippen LogP contribution is -2.41. The van der Waals surface area contributed by atoms with E-state index in [9.17, 15) is 0 Å². The van der Waals surface area contributed by atoms with Crippen LogP contribution >= 0.6 is 0 Å². The minimum Gasteiger partial charge on any atom is -0.373 e. The maximum Gasteiger partial charge on any atom is 0.189 e. The molecule has 0 unspecified atom stereocenters. The summed E-state index contributed by atoms with van der Waals surface area (Å²) in [5.74, 6) is 0.259. The average Bonchev–Trinajstić information content (AvgIpc) is 2.88. The topological polar surface area (TPSA) is 36.9 Å². The van der Waals surface area contributed by atoms with Crippen LogP contribution in [0.4, 0.5) is 0 Å². The quantitative estimate of drug-likeness (QED) is 0.520. The molecular weight excluding hydrogens is 340 g/mol. The largest absolute Gasteiger partial charge is 0.373 e. The fraction of sp³-hybridized carbons (Fsp3) is 0.913. The summed E-state index contributed by atoms with van der Waals surface area (Å²) >= 11 is 0. The van der Waals surface area contributed by atoms with Gasteiger partial charge in [-0.1, -0.05) is 33.3 Å². The van der Waals surface area contributed by atoms with Crippen LogP contribution < -0.4 is 0 Å². The Balaban J connectivity index is 2.10. The van der Waals surface area contributed by atoms with Gasteiger partial charge < -0.3 is 18.9 Å². The highest BCUT2D eigenvalue weighted by molar-refractivity contribution is 5.12. The third kappa shape index (κ3) is 5.79. The van der Waals surface area contributed by atoms with Crippen molar-refractivity contribution in [3.63, 3.8) is 0 Å². The van der Waals surface area contributed by atoms with E-state index in [-0.39, 0.29) is 23.4 Å². The third-order valence-corrected chi connectivity index (χ3v) is 6.70. The van der Waals surface area contributed by atoms with Gasteiger partial charge in [-0.2, -0.15) is 0 Å². The van der Waals surface area contributed by atoms with Gasteiger partial charge in [-0.25, -0.2) is 0 Å². The number of hydrogen-bond donors (Lipinski definition) is 0. The molecule has 27 heavy (non-hydrogen) atoms. The Morgan fingerprint density at radius 3 is 1.78 bits per heavy atom. The molecule has 0 amide bonds. The molecule has 0 N–H and O–H groups in total. The van der Waals surface area contributed by atoms with Crippen molar-refractivity contribution in [3.05, 3.63) is 11.6 Å². The van der Waals surface area contributed by atoms with Crippen molar-refractivity contribution >= 4 is 0 Å². The fourth-order valence-electron chi connectivity index (χ4n) is 3.22. The Kier molecular flexibility index (Phi) is 7.22. The highest BCUT2D eigenvalue weighted by atomic mass is 16.8. The predicted molar refractivity (Wildman–Crippen MR) is 110 cm³/mol. The molecule has 0 aromatic carbocycles. The normalized spacial score (nSPS) is 26.3. The molecule has 2 aliphatic rings. The van der Waals surface area contributed by atoms with E-state index in [0.29, 0.717) is 25.0 Å². The number of allylic oxidation sites excluding steroid dienone is 1. The van der Waals surface area contributed by atoms with Gasteiger partial charge in [0.25, 0.3) is 0 Å². The molecule has 1 aliphatic carbocycles. The molecule has 1 saturated heterocycles. The Bertz CT molecular complexity index is 486. The minimum atomic E-state index is -0.603. The van der Waals surface area contributed by atoms with Gasteiger partial charge >= 0.3 is 0 Å². The van der Waals surface area contributed by atoms with Crippen molar-refractivity contribution in [1.29, 1.82) is 0 Å². The summed E-state index contributed by atoms with van der Waals surface area (Å²) in [6.45, 7) is 20.5.